The van der Waals surface area contributed by atoms with E-state index in [9.17, 15) is 33.6 Å². The van der Waals surface area contributed by atoms with Gasteiger partial charge in [-0.2, -0.15) is 0 Å². The minimum atomic E-state index is -1.11. The number of aldehydes is 1. The number of hydrogen-bond donors (Lipinski definition) is 9. The van der Waals surface area contributed by atoms with Gasteiger partial charge in [-0.25, -0.2) is 4.79 Å². The quantitative estimate of drug-likeness (QED) is 0.0528. The minimum Gasteiger partial charge on any atom is -0.480 e. The van der Waals surface area contributed by atoms with Crippen molar-refractivity contribution in [1.82, 2.24) is 26.6 Å². The Morgan fingerprint density at radius 3 is 1.57 bits per heavy atom. The Labute approximate surface area is 272 Å². The fraction of sp³-hybridized carbons (Fsp3) is 0.767. The second kappa shape index (κ2) is 23.7. The molecule has 0 aliphatic rings. The number of unbranched alkanes of at least 4 members (excludes halogenated alkanes) is 1. The van der Waals surface area contributed by atoms with Crippen molar-refractivity contribution in [2.45, 2.75) is 105 Å². The van der Waals surface area contributed by atoms with E-state index in [-0.39, 0.29) is 36.8 Å². The van der Waals surface area contributed by atoms with Crippen LogP contribution in [0.3, 0.4) is 0 Å². The van der Waals surface area contributed by atoms with Gasteiger partial charge in [0, 0.05) is 0 Å². The molecule has 266 valence electrons. The van der Waals surface area contributed by atoms with Gasteiger partial charge in [-0.1, -0.05) is 55.4 Å². The summed E-state index contributed by atoms with van der Waals surface area (Å²) in [6.45, 7) is 14.4. The molecule has 16 nitrogen and oxygen atoms in total. The summed E-state index contributed by atoms with van der Waals surface area (Å²) in [5.74, 6) is -3.88. The maximum Gasteiger partial charge on any atom is 0.326 e. The number of nitrogens with two attached hydrogens (primary N) is 3. The number of hydrogen-bond acceptors (Lipinski definition) is 10. The maximum absolute atomic E-state index is 12.6. The van der Waals surface area contributed by atoms with E-state index in [0.717, 1.165) is 0 Å². The Bertz CT molecular complexity index is 990. The van der Waals surface area contributed by atoms with E-state index in [1.165, 1.54) is 0 Å². The van der Waals surface area contributed by atoms with Crippen LogP contribution in [-0.2, 0) is 33.6 Å². The highest BCUT2D eigenvalue weighted by Gasteiger charge is 2.31. The minimum absolute atomic E-state index is 0.0453. The molecule has 0 aliphatic carbocycles. The molecule has 46 heavy (non-hydrogen) atoms. The van der Waals surface area contributed by atoms with Crippen molar-refractivity contribution >= 4 is 41.8 Å². The van der Waals surface area contributed by atoms with Crippen LogP contribution in [0.5, 0.6) is 0 Å². The fourth-order valence-electron chi connectivity index (χ4n) is 3.70. The molecule has 0 aliphatic heterocycles. The number of carbonyl (C=O) groups is 7. The van der Waals surface area contributed by atoms with Gasteiger partial charge in [0.15, 0.2) is 0 Å². The topological polar surface area (TPSA) is 278 Å². The van der Waals surface area contributed by atoms with Gasteiger partial charge >= 0.3 is 5.97 Å². The Morgan fingerprint density at radius 2 is 1.13 bits per heavy atom. The lowest BCUT2D eigenvalue weighted by Crippen LogP contribution is -2.59. The second-order valence-electron chi connectivity index (χ2n) is 12.4. The Balaban J connectivity index is 0. The van der Waals surface area contributed by atoms with Gasteiger partial charge in [-0.05, 0) is 49.5 Å². The molecular weight excluding hydrogens is 600 g/mol. The summed E-state index contributed by atoms with van der Waals surface area (Å²) in [6.07, 6.45) is 2.18. The summed E-state index contributed by atoms with van der Waals surface area (Å²) in [6, 6.07) is -4.00. The van der Waals surface area contributed by atoms with Crippen molar-refractivity contribution in [2.75, 3.05) is 19.6 Å². The number of carbonyl (C=O) groups excluding carboxylic acids is 6. The van der Waals surface area contributed by atoms with Crippen LogP contribution >= 0.6 is 0 Å². The van der Waals surface area contributed by atoms with Crippen LogP contribution in [0.15, 0.2) is 0 Å². The summed E-state index contributed by atoms with van der Waals surface area (Å²) in [5.41, 5.74) is 16.8. The summed E-state index contributed by atoms with van der Waals surface area (Å²) in [5, 5.41) is 21.5. The molecule has 12 N–H and O–H groups in total. The molecule has 0 fully saturated rings. The highest BCUT2D eigenvalue weighted by atomic mass is 16.4. The summed E-state index contributed by atoms with van der Waals surface area (Å²) in [7, 11) is 0. The van der Waals surface area contributed by atoms with E-state index in [0.29, 0.717) is 32.1 Å². The molecule has 0 saturated carbocycles. The lowest BCUT2D eigenvalue weighted by atomic mass is 9.98. The van der Waals surface area contributed by atoms with Crippen LogP contribution < -0.4 is 43.8 Å². The highest BCUT2D eigenvalue weighted by Crippen LogP contribution is 2.08. The molecule has 0 spiro atoms. The van der Waals surface area contributed by atoms with Crippen LogP contribution in [0.25, 0.3) is 0 Å². The summed E-state index contributed by atoms with van der Waals surface area (Å²) in [4.78, 5) is 81.5. The molecule has 0 saturated heterocycles. The summed E-state index contributed by atoms with van der Waals surface area (Å²) < 4.78 is 0. The first-order chi connectivity index (χ1) is 21.3. The molecule has 0 radical (unpaired) electrons. The standard InChI is InChI=1S/C17H32N4O4.C13H26N4O4/c1-9(2)12(18)15(23)20-14(11(5)6)17(25)21-13(10(3)4)16(24)19-7-8-22;1-8(2)11(15)12(19)16-7-10(18)17-9(13(20)21)5-3-4-6-14/h8-14H,7,18H2,1-6H3,(H,19,24)(H,20,23)(H,21,25);8-9,11H,3-7,14-15H2,1-2H3,(H,16,19)(H,17,18)(H,20,21)/t12-,13-,14-;9-,11-/m00/s1. The van der Waals surface area contributed by atoms with E-state index < -0.39 is 65.7 Å². The number of amides is 5. The number of rotatable bonds is 20. The molecule has 5 amide bonds. The predicted octanol–water partition coefficient (Wildman–Crippen LogP) is -1.65. The number of nitrogens with one attached hydrogen (secondary N) is 5. The molecule has 0 unspecified atom stereocenters. The molecule has 0 bridgehead atoms. The lowest BCUT2D eigenvalue weighted by Gasteiger charge is -2.28. The molecule has 0 aromatic rings. The maximum atomic E-state index is 12.6. The van der Waals surface area contributed by atoms with Gasteiger partial charge in [0.25, 0.3) is 0 Å². The van der Waals surface area contributed by atoms with E-state index >= 15 is 0 Å². The average Bonchev–Trinajstić information content (AvgIpc) is 2.98. The second-order valence-corrected chi connectivity index (χ2v) is 12.4. The number of carboxylic acid groups (broad SMARTS) is 1. The first-order valence-corrected chi connectivity index (χ1v) is 15.6. The van der Waals surface area contributed by atoms with Gasteiger partial charge in [-0.15, -0.1) is 0 Å². The van der Waals surface area contributed by atoms with Gasteiger partial charge < -0.3 is 53.7 Å². The Hall–Kier alpha value is -3.63. The first-order valence-electron chi connectivity index (χ1n) is 15.6. The molecule has 0 heterocycles. The van der Waals surface area contributed by atoms with Gasteiger partial charge in [-0.3, -0.25) is 24.0 Å². The smallest absolute Gasteiger partial charge is 0.326 e. The van der Waals surface area contributed by atoms with E-state index in [4.69, 9.17) is 22.3 Å². The molecule has 16 heteroatoms. The largest absolute Gasteiger partial charge is 0.480 e. The molecule has 5 atom stereocenters. The van der Waals surface area contributed by atoms with Crippen molar-refractivity contribution in [3.8, 4) is 0 Å². The number of aliphatic carboxylic acids is 1. The third-order valence-electron chi connectivity index (χ3n) is 6.90. The van der Waals surface area contributed by atoms with Crippen molar-refractivity contribution < 1.29 is 38.7 Å². The third-order valence-corrected chi connectivity index (χ3v) is 6.90. The third kappa shape index (κ3) is 18.4. The lowest BCUT2D eigenvalue weighted by molar-refractivity contribution is -0.142. The monoisotopic (exact) mass is 658 g/mol. The van der Waals surface area contributed by atoms with Crippen LogP contribution in [0.1, 0.15) is 74.7 Å². The zero-order chi connectivity index (χ0) is 36.1. The molecular formula is C30H58N8O8. The van der Waals surface area contributed by atoms with Crippen LogP contribution in [-0.4, -0.2) is 96.7 Å². The molecule has 0 aromatic heterocycles. The van der Waals surface area contributed by atoms with Crippen LogP contribution in [0.2, 0.25) is 0 Å². The fourth-order valence-corrected chi connectivity index (χ4v) is 3.70. The van der Waals surface area contributed by atoms with Crippen LogP contribution in [0.4, 0.5) is 0 Å². The van der Waals surface area contributed by atoms with Crippen LogP contribution in [0, 0.1) is 23.7 Å². The van der Waals surface area contributed by atoms with E-state index in [2.05, 4.69) is 26.6 Å². The normalized spacial score (nSPS) is 14.2. The zero-order valence-electron chi connectivity index (χ0n) is 28.6. The van der Waals surface area contributed by atoms with Crippen molar-refractivity contribution in [2.24, 2.45) is 40.9 Å². The zero-order valence-corrected chi connectivity index (χ0v) is 28.6. The van der Waals surface area contributed by atoms with Gasteiger partial charge in [0.1, 0.15) is 24.4 Å². The predicted molar refractivity (Wildman–Crippen MR) is 174 cm³/mol. The Kier molecular flexibility index (Phi) is 22.9. The molecule has 0 rings (SSSR count). The van der Waals surface area contributed by atoms with E-state index in [1.807, 2.05) is 13.8 Å². The van der Waals surface area contributed by atoms with Crippen molar-refractivity contribution in [3.05, 3.63) is 0 Å². The van der Waals surface area contributed by atoms with Crippen molar-refractivity contribution in [3.63, 3.8) is 0 Å². The highest BCUT2D eigenvalue weighted by molar-refractivity contribution is 5.93. The van der Waals surface area contributed by atoms with E-state index in [1.54, 1.807) is 41.5 Å². The van der Waals surface area contributed by atoms with Crippen molar-refractivity contribution in [1.29, 1.82) is 0 Å². The molecule has 0 aromatic carbocycles. The SMILES string of the molecule is CC(C)[C@H](N)C(=O)NCC(=O)N[C@@H](CCCCN)C(=O)O.CC(C)[C@H](N)C(=O)N[C@H](C(=O)N[C@H](C(=O)NCC=O)C(C)C)C(C)C. The Morgan fingerprint density at radius 1 is 0.652 bits per heavy atom. The average molecular weight is 659 g/mol. The first kappa shape index (κ1) is 44.5. The van der Waals surface area contributed by atoms with Gasteiger partial charge in [0.05, 0.1) is 25.2 Å². The number of carboxylic acids is 1. The van der Waals surface area contributed by atoms with Gasteiger partial charge in [0.2, 0.25) is 29.5 Å². The summed E-state index contributed by atoms with van der Waals surface area (Å²) >= 11 is 0.